The van der Waals surface area contributed by atoms with E-state index in [1.54, 1.807) is 6.07 Å². The van der Waals surface area contributed by atoms with E-state index < -0.39 is 17.8 Å². The van der Waals surface area contributed by atoms with Gasteiger partial charge in [0, 0.05) is 5.56 Å². The van der Waals surface area contributed by atoms with E-state index in [9.17, 15) is 13.2 Å². The number of benzene rings is 1. The Labute approximate surface area is 114 Å². The molecule has 1 fully saturated rings. The molecule has 2 heterocycles. The molecule has 0 saturated carbocycles. The average molecular weight is 284 g/mol. The van der Waals surface area contributed by atoms with E-state index in [-0.39, 0.29) is 18.2 Å². The van der Waals surface area contributed by atoms with Gasteiger partial charge >= 0.3 is 6.18 Å². The highest BCUT2D eigenvalue weighted by Gasteiger charge is 2.37. The van der Waals surface area contributed by atoms with Crippen molar-refractivity contribution in [2.75, 3.05) is 13.1 Å². The van der Waals surface area contributed by atoms with E-state index in [2.05, 4.69) is 10.3 Å². The first-order valence-corrected chi connectivity index (χ1v) is 6.66. The Kier molecular flexibility index (Phi) is 3.41. The third-order valence-electron chi connectivity index (χ3n) is 3.65. The number of nitrogens with one attached hydrogen (secondary N) is 1. The third kappa shape index (κ3) is 2.52. The SMILES string of the molecule is FC(F)(F)c1ccccc1C1CN=C(C2CCCN2)O1. The second kappa shape index (κ2) is 5.09. The number of hydrogen-bond donors (Lipinski definition) is 1. The maximum absolute atomic E-state index is 13.0. The number of ether oxygens (including phenoxy) is 1. The fourth-order valence-electron chi connectivity index (χ4n) is 2.68. The Hall–Kier alpha value is -1.56. The maximum Gasteiger partial charge on any atom is 0.416 e. The summed E-state index contributed by atoms with van der Waals surface area (Å²) < 4.78 is 44.6. The number of aliphatic imine (C=N–C) groups is 1. The van der Waals surface area contributed by atoms with Crippen LogP contribution in [0, 0.1) is 0 Å². The molecule has 3 nitrogen and oxygen atoms in total. The number of hydrogen-bond acceptors (Lipinski definition) is 3. The summed E-state index contributed by atoms with van der Waals surface area (Å²) in [6.45, 7) is 1.15. The Morgan fingerprint density at radius 3 is 2.75 bits per heavy atom. The zero-order valence-electron chi connectivity index (χ0n) is 10.8. The smallest absolute Gasteiger partial charge is 0.416 e. The maximum atomic E-state index is 13.0. The quantitative estimate of drug-likeness (QED) is 0.906. The summed E-state index contributed by atoms with van der Waals surface area (Å²) in [6.07, 6.45) is -3.04. The molecule has 0 aliphatic carbocycles. The van der Waals surface area contributed by atoms with Crippen LogP contribution in [0.2, 0.25) is 0 Å². The third-order valence-corrected chi connectivity index (χ3v) is 3.65. The van der Waals surface area contributed by atoms with Crippen molar-refractivity contribution in [3.8, 4) is 0 Å². The van der Waals surface area contributed by atoms with Crippen LogP contribution in [-0.4, -0.2) is 25.0 Å². The number of alkyl halides is 3. The van der Waals surface area contributed by atoms with Gasteiger partial charge in [-0.3, -0.25) is 0 Å². The summed E-state index contributed by atoms with van der Waals surface area (Å²) in [7, 11) is 0. The Bertz CT molecular complexity index is 521. The molecule has 2 unspecified atom stereocenters. The van der Waals surface area contributed by atoms with E-state index in [1.807, 2.05) is 0 Å². The van der Waals surface area contributed by atoms with Crippen molar-refractivity contribution in [1.82, 2.24) is 5.32 Å². The summed E-state index contributed by atoms with van der Waals surface area (Å²) in [4.78, 5) is 4.26. The molecule has 0 aromatic heterocycles. The van der Waals surface area contributed by atoms with Crippen LogP contribution in [0.1, 0.15) is 30.1 Å². The lowest BCUT2D eigenvalue weighted by Gasteiger charge is -2.19. The minimum Gasteiger partial charge on any atom is -0.470 e. The molecular weight excluding hydrogens is 269 g/mol. The molecular formula is C14H15F3N2O. The molecule has 1 aromatic rings. The second-order valence-electron chi connectivity index (χ2n) is 5.02. The lowest BCUT2D eigenvalue weighted by atomic mass is 10.0. The van der Waals surface area contributed by atoms with E-state index in [4.69, 9.17) is 4.74 Å². The molecule has 20 heavy (non-hydrogen) atoms. The minimum atomic E-state index is -4.37. The highest BCUT2D eigenvalue weighted by molar-refractivity contribution is 5.83. The molecule has 1 saturated heterocycles. The number of rotatable bonds is 2. The molecule has 1 N–H and O–H groups in total. The number of halogens is 3. The van der Waals surface area contributed by atoms with E-state index in [0.29, 0.717) is 5.90 Å². The van der Waals surface area contributed by atoms with Crippen LogP contribution in [0.25, 0.3) is 0 Å². The predicted molar refractivity (Wildman–Crippen MR) is 68.6 cm³/mol. The molecule has 0 bridgehead atoms. The van der Waals surface area contributed by atoms with Crippen LogP contribution in [0.5, 0.6) is 0 Å². The minimum absolute atomic E-state index is 0.0537. The molecule has 0 spiro atoms. The van der Waals surface area contributed by atoms with E-state index in [0.717, 1.165) is 25.5 Å². The van der Waals surface area contributed by atoms with Crippen molar-refractivity contribution in [2.45, 2.75) is 31.2 Å². The van der Waals surface area contributed by atoms with Gasteiger partial charge in [0.2, 0.25) is 5.90 Å². The van der Waals surface area contributed by atoms with Gasteiger partial charge in [0.05, 0.1) is 18.2 Å². The van der Waals surface area contributed by atoms with Gasteiger partial charge in [-0.2, -0.15) is 13.2 Å². The lowest BCUT2D eigenvalue weighted by molar-refractivity contribution is -0.139. The van der Waals surface area contributed by atoms with Crippen LogP contribution in [0.4, 0.5) is 13.2 Å². The second-order valence-corrected chi connectivity index (χ2v) is 5.02. The molecule has 0 radical (unpaired) electrons. The zero-order valence-corrected chi connectivity index (χ0v) is 10.8. The van der Waals surface area contributed by atoms with Gasteiger partial charge in [0.15, 0.2) is 0 Å². The zero-order chi connectivity index (χ0) is 14.2. The Morgan fingerprint density at radius 2 is 2.05 bits per heavy atom. The first-order chi connectivity index (χ1) is 9.55. The summed E-state index contributed by atoms with van der Waals surface area (Å²) >= 11 is 0. The van der Waals surface area contributed by atoms with Gasteiger partial charge in [-0.1, -0.05) is 18.2 Å². The first kappa shape index (κ1) is 13.4. The normalized spacial score (nSPS) is 26.4. The van der Waals surface area contributed by atoms with Gasteiger partial charge in [0.1, 0.15) is 6.10 Å². The molecule has 2 aliphatic rings. The van der Waals surface area contributed by atoms with Crippen molar-refractivity contribution in [3.05, 3.63) is 35.4 Å². The lowest BCUT2D eigenvalue weighted by Crippen LogP contribution is -2.31. The number of nitrogens with zero attached hydrogens (tertiary/aromatic N) is 1. The average Bonchev–Trinajstić information content (AvgIpc) is 3.09. The standard InChI is InChI=1S/C14H15F3N2O/c15-14(16,17)10-5-2-1-4-9(10)12-8-19-13(20-12)11-6-3-7-18-11/h1-2,4-5,11-12,18H,3,6-8H2. The summed E-state index contributed by atoms with van der Waals surface area (Å²) in [5.41, 5.74) is -0.474. The fraction of sp³-hybridized carbons (Fsp3) is 0.500. The summed E-state index contributed by atoms with van der Waals surface area (Å²) in [6, 6.07) is 5.60. The van der Waals surface area contributed by atoms with Gasteiger partial charge in [-0.25, -0.2) is 4.99 Å². The van der Waals surface area contributed by atoms with Crippen molar-refractivity contribution in [1.29, 1.82) is 0 Å². The molecule has 1 aromatic carbocycles. The topological polar surface area (TPSA) is 33.6 Å². The molecule has 0 amide bonds. The molecule has 2 aliphatic heterocycles. The first-order valence-electron chi connectivity index (χ1n) is 6.66. The van der Waals surface area contributed by atoms with Crippen LogP contribution < -0.4 is 5.32 Å². The predicted octanol–water partition coefficient (Wildman–Crippen LogP) is 2.93. The van der Waals surface area contributed by atoms with Crippen LogP contribution >= 0.6 is 0 Å². The van der Waals surface area contributed by atoms with Crippen LogP contribution in [0.3, 0.4) is 0 Å². The Morgan fingerprint density at radius 1 is 1.25 bits per heavy atom. The Balaban J connectivity index is 1.79. The molecule has 6 heteroatoms. The van der Waals surface area contributed by atoms with Gasteiger partial charge in [-0.05, 0) is 25.5 Å². The van der Waals surface area contributed by atoms with E-state index in [1.165, 1.54) is 12.1 Å². The highest BCUT2D eigenvalue weighted by Crippen LogP contribution is 2.37. The molecule has 2 atom stereocenters. The van der Waals surface area contributed by atoms with Gasteiger partial charge < -0.3 is 10.1 Å². The molecule has 3 rings (SSSR count). The van der Waals surface area contributed by atoms with Crippen LogP contribution in [-0.2, 0) is 10.9 Å². The van der Waals surface area contributed by atoms with Gasteiger partial charge in [-0.15, -0.1) is 0 Å². The van der Waals surface area contributed by atoms with Crippen molar-refractivity contribution in [3.63, 3.8) is 0 Å². The van der Waals surface area contributed by atoms with Crippen molar-refractivity contribution >= 4 is 5.90 Å². The van der Waals surface area contributed by atoms with Crippen molar-refractivity contribution < 1.29 is 17.9 Å². The largest absolute Gasteiger partial charge is 0.470 e. The van der Waals surface area contributed by atoms with Gasteiger partial charge in [0.25, 0.3) is 0 Å². The fourth-order valence-corrected chi connectivity index (χ4v) is 2.68. The highest BCUT2D eigenvalue weighted by atomic mass is 19.4. The molecule has 108 valence electrons. The monoisotopic (exact) mass is 284 g/mol. The summed E-state index contributed by atoms with van der Waals surface area (Å²) in [5.74, 6) is 0.546. The van der Waals surface area contributed by atoms with E-state index >= 15 is 0 Å². The summed E-state index contributed by atoms with van der Waals surface area (Å²) in [5, 5.41) is 3.24. The van der Waals surface area contributed by atoms with Crippen LogP contribution in [0.15, 0.2) is 29.3 Å². The van der Waals surface area contributed by atoms with Crippen molar-refractivity contribution in [2.24, 2.45) is 4.99 Å².